The first-order valence-corrected chi connectivity index (χ1v) is 14.7. The van der Waals surface area contributed by atoms with Gasteiger partial charge in [-0.25, -0.2) is 0 Å². The maximum Gasteiger partial charge on any atom is 0.242 e. The van der Waals surface area contributed by atoms with Gasteiger partial charge in [-0.05, 0) is 79.4 Å². The number of nitrogens with zero attached hydrogens (tertiary/aromatic N) is 1. The van der Waals surface area contributed by atoms with Crippen molar-refractivity contribution < 1.29 is 34.4 Å². The summed E-state index contributed by atoms with van der Waals surface area (Å²) in [6.45, 7) is 2.59. The van der Waals surface area contributed by atoms with E-state index < -0.39 is 17.9 Å². The number of hydrogen-bond acceptors (Lipinski definition) is 8. The maximum absolute atomic E-state index is 14.1. The van der Waals surface area contributed by atoms with Gasteiger partial charge in [0.05, 0.1) is 20.3 Å². The number of carbonyl (C=O) groups is 2. The van der Waals surface area contributed by atoms with Crippen LogP contribution in [0.4, 0.5) is 5.69 Å². The molecule has 2 aliphatic heterocycles. The second-order valence-corrected chi connectivity index (χ2v) is 11.3. The van der Waals surface area contributed by atoms with Gasteiger partial charge < -0.3 is 30.1 Å². The van der Waals surface area contributed by atoms with E-state index in [1.807, 2.05) is 31.2 Å². The second kappa shape index (κ2) is 13.3. The minimum absolute atomic E-state index is 0.00391. The topological polar surface area (TPSA) is 129 Å². The lowest BCUT2D eigenvalue weighted by atomic mass is 9.77. The average Bonchev–Trinajstić information content (AvgIpc) is 3.37. The number of hydrogen-bond donors (Lipinski definition) is 4. The van der Waals surface area contributed by atoms with E-state index in [0.29, 0.717) is 23.4 Å². The summed E-state index contributed by atoms with van der Waals surface area (Å²) in [4.78, 5) is 30.3. The fourth-order valence-corrected chi connectivity index (χ4v) is 6.51. The van der Waals surface area contributed by atoms with Crippen LogP contribution in [0, 0.1) is 12.8 Å². The number of amides is 1. The fraction of sp³-hybridized carbons (Fsp3) is 0.314. The van der Waals surface area contributed by atoms with Gasteiger partial charge in [0, 0.05) is 29.6 Å². The number of methoxy groups -OCH3 is 2. The number of phenols is 2. The molecule has 0 aromatic heterocycles. The molecule has 0 aliphatic carbocycles. The number of carbonyl (C=O) groups excluding carboxylic acids is 2. The number of para-hydroxylation sites is 1. The molecule has 2 fully saturated rings. The van der Waals surface area contributed by atoms with Gasteiger partial charge in [-0.15, -0.1) is 0 Å². The maximum atomic E-state index is 14.1. The smallest absolute Gasteiger partial charge is 0.242 e. The largest absolute Gasteiger partial charge is 0.508 e. The molecule has 4 N–H and O–H groups in total. The van der Waals surface area contributed by atoms with Gasteiger partial charge in [-0.3, -0.25) is 14.5 Å². The zero-order valence-corrected chi connectivity index (χ0v) is 25.1. The van der Waals surface area contributed by atoms with Crippen molar-refractivity contribution in [3.63, 3.8) is 0 Å². The predicted molar refractivity (Wildman–Crippen MR) is 168 cm³/mol. The van der Waals surface area contributed by atoms with Crippen LogP contribution in [0.25, 0.3) is 6.08 Å². The van der Waals surface area contributed by atoms with E-state index in [-0.39, 0.29) is 46.5 Å². The lowest BCUT2D eigenvalue weighted by Crippen LogP contribution is -2.47. The number of piperidine rings is 1. The number of phenolic OH excluding ortho intramolecular Hbond substituents is 2. The Morgan fingerprint density at radius 3 is 2.39 bits per heavy atom. The lowest BCUT2D eigenvalue weighted by molar-refractivity contribution is -0.121. The molecule has 5 rings (SSSR count). The highest BCUT2D eigenvalue weighted by Crippen LogP contribution is 2.48. The molecule has 9 nitrogen and oxygen atoms in total. The Labute approximate surface area is 257 Å². The van der Waals surface area contributed by atoms with Gasteiger partial charge in [0.2, 0.25) is 5.91 Å². The zero-order chi connectivity index (χ0) is 31.4. The van der Waals surface area contributed by atoms with Gasteiger partial charge in [-0.2, -0.15) is 0 Å². The van der Waals surface area contributed by atoms with Crippen molar-refractivity contribution in [1.29, 1.82) is 0 Å². The number of rotatable bonds is 9. The number of ketones is 1. The SMILES string of the molecule is COc1cc(/C=C/C(O)=C/C(=O)C2C(c3ccc(O)c(OC)c3)C(C(=O)Nc3ccccc3C)N3CCCCC23)ccc1O. The number of fused-ring (bicyclic) bond motifs is 1. The summed E-state index contributed by atoms with van der Waals surface area (Å²) >= 11 is 0. The van der Waals surface area contributed by atoms with Crippen LogP contribution >= 0.6 is 0 Å². The van der Waals surface area contributed by atoms with Gasteiger partial charge >= 0.3 is 0 Å². The van der Waals surface area contributed by atoms with Crippen molar-refractivity contribution in [2.45, 2.75) is 44.2 Å². The Kier molecular flexibility index (Phi) is 9.25. The molecular formula is C35H38N2O7. The van der Waals surface area contributed by atoms with Crippen LogP contribution in [-0.2, 0) is 9.59 Å². The standard InChI is InChI=1S/C35H38N2O7/c1-21-8-4-5-9-25(21)36-35(42)34-32(23-13-16-28(40)31(19-23)44-3)33(26-10-6-7-17-37(26)34)29(41)20-24(38)14-11-22-12-15-27(39)30(18-22)43-2/h4-5,8-9,11-16,18-20,26,32-34,38-40H,6-7,10,17H2,1-3H3,(H,36,42)/b14-11+,24-20-. The van der Waals surface area contributed by atoms with E-state index >= 15 is 0 Å². The van der Waals surface area contributed by atoms with E-state index in [9.17, 15) is 24.9 Å². The van der Waals surface area contributed by atoms with Crippen LogP contribution in [0.2, 0.25) is 0 Å². The number of allylic oxidation sites excluding steroid dienone is 2. The summed E-state index contributed by atoms with van der Waals surface area (Å²) in [5, 5.41) is 34.1. The van der Waals surface area contributed by atoms with Crippen LogP contribution in [0.3, 0.4) is 0 Å². The molecule has 0 spiro atoms. The van der Waals surface area contributed by atoms with Crippen molar-refractivity contribution in [3.05, 3.63) is 95.3 Å². The van der Waals surface area contributed by atoms with Crippen LogP contribution in [-0.4, -0.2) is 64.8 Å². The summed E-state index contributed by atoms with van der Waals surface area (Å²) in [7, 11) is 2.90. The normalized spacial score (nSPS) is 22.0. The zero-order valence-electron chi connectivity index (χ0n) is 25.1. The van der Waals surface area contributed by atoms with Crippen molar-refractivity contribution >= 4 is 23.5 Å². The number of nitrogens with one attached hydrogen (secondary N) is 1. The highest BCUT2D eigenvalue weighted by atomic mass is 16.5. The van der Waals surface area contributed by atoms with Crippen molar-refractivity contribution in [1.82, 2.24) is 4.90 Å². The van der Waals surface area contributed by atoms with Crippen molar-refractivity contribution in [2.75, 3.05) is 26.1 Å². The quantitative estimate of drug-likeness (QED) is 0.140. The molecule has 4 atom stereocenters. The molecular weight excluding hydrogens is 560 g/mol. The third-order valence-corrected chi connectivity index (χ3v) is 8.62. The molecule has 230 valence electrons. The summed E-state index contributed by atoms with van der Waals surface area (Å²) in [5.41, 5.74) is 2.98. The van der Waals surface area contributed by atoms with Gasteiger partial charge in [0.15, 0.2) is 28.8 Å². The monoisotopic (exact) mass is 598 g/mol. The molecule has 2 aliphatic rings. The molecule has 9 heteroatoms. The van der Waals surface area contributed by atoms with E-state index in [0.717, 1.165) is 24.8 Å². The van der Waals surface area contributed by atoms with E-state index in [4.69, 9.17) is 9.47 Å². The first kappa shape index (κ1) is 30.7. The first-order chi connectivity index (χ1) is 21.2. The summed E-state index contributed by atoms with van der Waals surface area (Å²) in [5.74, 6) is -1.46. The van der Waals surface area contributed by atoms with E-state index in [2.05, 4.69) is 10.2 Å². The molecule has 4 unspecified atom stereocenters. The van der Waals surface area contributed by atoms with Crippen molar-refractivity contribution in [3.8, 4) is 23.0 Å². The third-order valence-electron chi connectivity index (χ3n) is 8.62. The van der Waals surface area contributed by atoms with Crippen molar-refractivity contribution in [2.24, 2.45) is 5.92 Å². The molecule has 0 radical (unpaired) electrons. The van der Waals surface area contributed by atoms with E-state index in [1.165, 1.54) is 38.5 Å². The molecule has 1 amide bonds. The molecule has 44 heavy (non-hydrogen) atoms. The highest BCUT2D eigenvalue weighted by Gasteiger charge is 2.55. The highest BCUT2D eigenvalue weighted by molar-refractivity contribution is 6.00. The van der Waals surface area contributed by atoms with Crippen LogP contribution < -0.4 is 14.8 Å². The minimum Gasteiger partial charge on any atom is -0.508 e. The summed E-state index contributed by atoms with van der Waals surface area (Å²) in [6, 6.07) is 16.4. The molecule has 2 heterocycles. The Balaban J connectivity index is 1.52. The summed E-state index contributed by atoms with van der Waals surface area (Å²) in [6.07, 6.45) is 6.80. The molecule has 3 aromatic rings. The first-order valence-electron chi connectivity index (χ1n) is 14.7. The van der Waals surface area contributed by atoms with Gasteiger partial charge in [0.25, 0.3) is 0 Å². The number of ether oxygens (including phenoxy) is 2. The Morgan fingerprint density at radius 1 is 0.955 bits per heavy atom. The Bertz CT molecular complexity index is 1600. The number of benzene rings is 3. The molecule has 2 saturated heterocycles. The van der Waals surface area contributed by atoms with Crippen LogP contribution in [0.1, 0.15) is 41.9 Å². The minimum atomic E-state index is -0.668. The summed E-state index contributed by atoms with van der Waals surface area (Å²) < 4.78 is 10.5. The van der Waals surface area contributed by atoms with Crippen LogP contribution in [0.5, 0.6) is 23.0 Å². The number of aromatic hydroxyl groups is 2. The Hall–Kier alpha value is -4.76. The molecule has 0 bridgehead atoms. The molecule has 0 saturated carbocycles. The van der Waals surface area contributed by atoms with Crippen LogP contribution in [0.15, 0.2) is 78.6 Å². The lowest BCUT2D eigenvalue weighted by Gasteiger charge is -2.34. The Morgan fingerprint density at radius 2 is 1.66 bits per heavy atom. The number of aliphatic hydroxyl groups is 1. The van der Waals surface area contributed by atoms with Gasteiger partial charge in [0.1, 0.15) is 5.76 Å². The third kappa shape index (κ3) is 6.28. The predicted octanol–water partition coefficient (Wildman–Crippen LogP) is 5.72. The number of anilines is 1. The fourth-order valence-electron chi connectivity index (χ4n) is 6.51. The van der Waals surface area contributed by atoms with Gasteiger partial charge in [-0.1, -0.05) is 42.8 Å². The average molecular weight is 599 g/mol. The van der Waals surface area contributed by atoms with E-state index in [1.54, 1.807) is 30.3 Å². The second-order valence-electron chi connectivity index (χ2n) is 11.3. The molecule has 3 aromatic carbocycles. The number of aliphatic hydroxyl groups excluding tert-OH is 1. The number of aryl methyl sites for hydroxylation is 1.